The summed E-state index contributed by atoms with van der Waals surface area (Å²) in [4.78, 5) is 35.9. The Bertz CT molecular complexity index is 526. The highest BCUT2D eigenvalue weighted by Crippen LogP contribution is 2.20. The van der Waals surface area contributed by atoms with Gasteiger partial charge in [-0.05, 0) is 19.4 Å². The number of nitrogens with one attached hydrogen (secondary N) is 1. The maximum absolute atomic E-state index is 11.9. The third kappa shape index (κ3) is 5.25. The topological polar surface area (TPSA) is 86.7 Å². The zero-order valence-electron chi connectivity index (χ0n) is 12.4. The minimum absolute atomic E-state index is 0.257. The molecule has 3 amide bonds. The lowest BCUT2D eigenvalue weighted by molar-refractivity contribution is -0.149. The van der Waals surface area contributed by atoms with Gasteiger partial charge in [0.15, 0.2) is 0 Å². The summed E-state index contributed by atoms with van der Waals surface area (Å²) in [6.45, 7) is 3.24. The third-order valence-electron chi connectivity index (χ3n) is 3.04. The fourth-order valence-corrected chi connectivity index (χ4v) is 1.66. The van der Waals surface area contributed by atoms with Crippen LogP contribution < -0.4 is 5.32 Å². The Labute approximate surface area is 123 Å². The van der Waals surface area contributed by atoms with Crippen LogP contribution in [0.5, 0.6) is 0 Å². The van der Waals surface area contributed by atoms with Crippen molar-refractivity contribution in [3.63, 3.8) is 0 Å². The van der Waals surface area contributed by atoms with Gasteiger partial charge < -0.3 is 10.0 Å². The molecule has 1 rings (SSSR count). The average Bonchev–Trinajstić information content (AvgIpc) is 2.38. The van der Waals surface area contributed by atoms with E-state index in [1.807, 2.05) is 30.3 Å². The zero-order valence-corrected chi connectivity index (χ0v) is 12.4. The van der Waals surface area contributed by atoms with E-state index in [1.165, 1.54) is 18.7 Å². The van der Waals surface area contributed by atoms with Crippen LogP contribution in [0.15, 0.2) is 30.3 Å². The van der Waals surface area contributed by atoms with Gasteiger partial charge >= 0.3 is 12.0 Å². The van der Waals surface area contributed by atoms with E-state index in [9.17, 15) is 14.4 Å². The van der Waals surface area contributed by atoms with Crippen molar-refractivity contribution in [2.45, 2.75) is 26.8 Å². The molecule has 1 aromatic rings. The Hall–Kier alpha value is -2.37. The number of carbonyl (C=O) groups excluding carboxylic acids is 2. The van der Waals surface area contributed by atoms with Gasteiger partial charge in [0.2, 0.25) is 5.91 Å². The van der Waals surface area contributed by atoms with E-state index in [2.05, 4.69) is 5.32 Å². The van der Waals surface area contributed by atoms with Crippen molar-refractivity contribution in [3.05, 3.63) is 35.9 Å². The highest BCUT2D eigenvalue weighted by Gasteiger charge is 2.31. The molecular weight excluding hydrogens is 272 g/mol. The number of rotatable bonds is 5. The first-order valence-corrected chi connectivity index (χ1v) is 6.54. The van der Waals surface area contributed by atoms with Gasteiger partial charge in [-0.1, -0.05) is 30.3 Å². The lowest BCUT2D eigenvalue weighted by Crippen LogP contribution is -2.42. The van der Waals surface area contributed by atoms with Crippen molar-refractivity contribution in [3.8, 4) is 0 Å². The molecule has 0 radical (unpaired) electrons. The Morgan fingerprint density at radius 3 is 2.29 bits per heavy atom. The Balaban J connectivity index is 2.53. The van der Waals surface area contributed by atoms with Gasteiger partial charge in [0.1, 0.15) is 0 Å². The summed E-state index contributed by atoms with van der Waals surface area (Å²) in [7, 11) is 1.57. The number of hydrogen-bond donors (Lipinski definition) is 2. The first-order valence-electron chi connectivity index (χ1n) is 6.54. The molecule has 21 heavy (non-hydrogen) atoms. The number of imide groups is 1. The molecule has 6 heteroatoms. The number of carboxylic acid groups (broad SMARTS) is 1. The van der Waals surface area contributed by atoms with Crippen molar-refractivity contribution in [2.75, 3.05) is 7.05 Å². The molecule has 0 aliphatic heterocycles. The van der Waals surface area contributed by atoms with Crippen LogP contribution in [0.3, 0.4) is 0 Å². The molecule has 6 nitrogen and oxygen atoms in total. The monoisotopic (exact) mass is 292 g/mol. The summed E-state index contributed by atoms with van der Waals surface area (Å²) < 4.78 is 0. The predicted octanol–water partition coefficient (Wildman–Crippen LogP) is 1.86. The molecule has 114 valence electrons. The number of nitrogens with zero attached hydrogens (tertiary/aromatic N) is 1. The summed E-state index contributed by atoms with van der Waals surface area (Å²) in [5.41, 5.74) is -0.268. The van der Waals surface area contributed by atoms with Crippen molar-refractivity contribution < 1.29 is 19.5 Å². The molecule has 2 N–H and O–H groups in total. The Morgan fingerprint density at radius 1 is 1.19 bits per heavy atom. The number of carbonyl (C=O) groups is 3. The van der Waals surface area contributed by atoms with Gasteiger partial charge in [0.25, 0.3) is 0 Å². The summed E-state index contributed by atoms with van der Waals surface area (Å²) in [6, 6.07) is 8.80. The minimum atomic E-state index is -1.21. The third-order valence-corrected chi connectivity index (χ3v) is 3.04. The van der Waals surface area contributed by atoms with Crippen LogP contribution in [0.2, 0.25) is 0 Å². The number of urea groups is 1. The maximum atomic E-state index is 11.9. The average molecular weight is 292 g/mol. The molecule has 0 spiro atoms. The normalized spacial score (nSPS) is 10.8. The SMILES string of the molecule is CN(Cc1ccccc1)C(=O)NC(=O)CC(C)(C)C(=O)O. The number of carboxylic acids is 1. The molecule has 0 aliphatic rings. The lowest BCUT2D eigenvalue weighted by Gasteiger charge is -2.20. The minimum Gasteiger partial charge on any atom is -0.481 e. The van der Waals surface area contributed by atoms with Crippen LogP contribution in [0.4, 0.5) is 4.79 Å². The lowest BCUT2D eigenvalue weighted by atomic mass is 9.89. The number of hydrogen-bond acceptors (Lipinski definition) is 3. The summed E-state index contributed by atoms with van der Waals surface area (Å²) in [6.07, 6.45) is -0.257. The summed E-state index contributed by atoms with van der Waals surface area (Å²) >= 11 is 0. The van der Waals surface area contributed by atoms with E-state index in [-0.39, 0.29) is 6.42 Å². The molecule has 0 saturated carbocycles. The van der Waals surface area contributed by atoms with Gasteiger partial charge in [-0.3, -0.25) is 14.9 Å². The highest BCUT2D eigenvalue weighted by molar-refractivity contribution is 5.96. The molecule has 1 aromatic carbocycles. The predicted molar refractivity (Wildman–Crippen MR) is 77.5 cm³/mol. The maximum Gasteiger partial charge on any atom is 0.324 e. The second kappa shape index (κ2) is 6.88. The number of aliphatic carboxylic acids is 1. The summed E-state index contributed by atoms with van der Waals surface area (Å²) in [5.74, 6) is -1.69. The quantitative estimate of drug-likeness (QED) is 0.867. The van der Waals surface area contributed by atoms with Crippen molar-refractivity contribution in [2.24, 2.45) is 5.41 Å². The molecule has 0 fully saturated rings. The second-order valence-corrected chi connectivity index (χ2v) is 5.56. The van der Waals surface area contributed by atoms with E-state index >= 15 is 0 Å². The fourth-order valence-electron chi connectivity index (χ4n) is 1.66. The van der Waals surface area contributed by atoms with Crippen LogP contribution >= 0.6 is 0 Å². The smallest absolute Gasteiger partial charge is 0.324 e. The fraction of sp³-hybridized carbons (Fsp3) is 0.400. The first kappa shape index (κ1) is 16.7. The van der Waals surface area contributed by atoms with Gasteiger partial charge in [-0.25, -0.2) is 4.79 Å². The van der Waals surface area contributed by atoms with E-state index < -0.39 is 23.3 Å². The van der Waals surface area contributed by atoms with Crippen LogP contribution in [-0.4, -0.2) is 35.0 Å². The zero-order chi connectivity index (χ0) is 16.0. The van der Waals surface area contributed by atoms with Crippen molar-refractivity contribution >= 4 is 17.9 Å². The molecule has 0 bridgehead atoms. The van der Waals surface area contributed by atoms with E-state index in [1.54, 1.807) is 7.05 Å². The summed E-state index contributed by atoms with van der Waals surface area (Å²) in [5, 5.41) is 11.1. The Kier molecular flexibility index (Phi) is 5.46. The van der Waals surface area contributed by atoms with E-state index in [0.717, 1.165) is 5.56 Å². The van der Waals surface area contributed by atoms with Crippen LogP contribution in [-0.2, 0) is 16.1 Å². The van der Waals surface area contributed by atoms with Crippen LogP contribution in [0.1, 0.15) is 25.8 Å². The number of amides is 3. The van der Waals surface area contributed by atoms with E-state index in [4.69, 9.17) is 5.11 Å². The van der Waals surface area contributed by atoms with Crippen LogP contribution in [0.25, 0.3) is 0 Å². The van der Waals surface area contributed by atoms with Gasteiger partial charge in [-0.2, -0.15) is 0 Å². The number of benzene rings is 1. The van der Waals surface area contributed by atoms with Crippen LogP contribution in [0, 0.1) is 5.41 Å². The first-order chi connectivity index (χ1) is 9.72. The Morgan fingerprint density at radius 2 is 1.76 bits per heavy atom. The molecule has 0 atom stereocenters. The molecule has 0 unspecified atom stereocenters. The molecule has 0 saturated heterocycles. The van der Waals surface area contributed by atoms with Crippen molar-refractivity contribution in [1.29, 1.82) is 0 Å². The van der Waals surface area contributed by atoms with Gasteiger partial charge in [0.05, 0.1) is 5.41 Å². The largest absolute Gasteiger partial charge is 0.481 e. The molecule has 0 aliphatic carbocycles. The molecule has 0 aromatic heterocycles. The van der Waals surface area contributed by atoms with Crippen molar-refractivity contribution in [1.82, 2.24) is 10.2 Å². The highest BCUT2D eigenvalue weighted by atomic mass is 16.4. The molecule has 0 heterocycles. The second-order valence-electron chi connectivity index (χ2n) is 5.56. The van der Waals surface area contributed by atoms with Gasteiger partial charge in [-0.15, -0.1) is 0 Å². The standard InChI is InChI=1S/C15H20N2O4/c1-15(2,13(19)20)9-12(18)16-14(21)17(3)10-11-7-5-4-6-8-11/h4-8H,9-10H2,1-3H3,(H,19,20)(H,16,18,21). The van der Waals surface area contributed by atoms with Gasteiger partial charge in [0, 0.05) is 20.0 Å². The van der Waals surface area contributed by atoms with E-state index in [0.29, 0.717) is 6.54 Å². The molecular formula is C15H20N2O4.